The lowest BCUT2D eigenvalue weighted by molar-refractivity contribution is -0.118. The summed E-state index contributed by atoms with van der Waals surface area (Å²) in [5, 5.41) is 3.42. The van der Waals surface area contributed by atoms with E-state index in [2.05, 4.69) is 26.8 Å². The number of aromatic nitrogens is 3. The Morgan fingerprint density at radius 3 is 2.49 bits per heavy atom. The Morgan fingerprint density at radius 2 is 1.73 bits per heavy atom. The fraction of sp³-hybridized carbons (Fsp3) is 0.0690. The summed E-state index contributed by atoms with van der Waals surface area (Å²) in [4.78, 5) is 22.4. The van der Waals surface area contributed by atoms with Gasteiger partial charge in [0.1, 0.15) is 11.6 Å². The average molecular weight is 525 g/mol. The van der Waals surface area contributed by atoms with Crippen LogP contribution in [-0.4, -0.2) is 26.9 Å². The first-order valence-corrected chi connectivity index (χ1v) is 12.9. The molecule has 0 bridgehead atoms. The quantitative estimate of drug-likeness (QED) is 0.249. The maximum Gasteiger partial charge on any atom is 0.263 e. The van der Waals surface area contributed by atoms with Crippen LogP contribution in [0.25, 0.3) is 37.7 Å². The van der Waals surface area contributed by atoms with E-state index in [1.807, 2.05) is 73.7 Å². The number of nitrogens with zero attached hydrogens (tertiary/aromatic N) is 3. The molecule has 182 valence electrons. The fourth-order valence-electron chi connectivity index (χ4n) is 4.17. The van der Waals surface area contributed by atoms with Gasteiger partial charge in [0.05, 0.1) is 21.6 Å². The zero-order valence-corrected chi connectivity index (χ0v) is 21.4. The van der Waals surface area contributed by atoms with Gasteiger partial charge >= 0.3 is 0 Å². The summed E-state index contributed by atoms with van der Waals surface area (Å²) in [6.45, 7) is 1.83. The van der Waals surface area contributed by atoms with Crippen LogP contribution in [0.3, 0.4) is 0 Å². The van der Waals surface area contributed by atoms with Crippen molar-refractivity contribution in [3.63, 3.8) is 0 Å². The molecule has 0 saturated carbocycles. The maximum atomic E-state index is 12.3. The minimum Gasteiger partial charge on any atom is -0.484 e. The molecule has 6 nitrogen and oxygen atoms in total. The number of ether oxygens (including phenoxy) is 1. The number of hydrogen-bond acceptors (Lipinski definition) is 5. The Morgan fingerprint density at radius 1 is 0.973 bits per heavy atom. The van der Waals surface area contributed by atoms with Gasteiger partial charge in [-0.25, -0.2) is 9.97 Å². The molecule has 37 heavy (non-hydrogen) atoms. The van der Waals surface area contributed by atoms with Crippen molar-refractivity contribution < 1.29 is 9.53 Å². The van der Waals surface area contributed by atoms with Crippen molar-refractivity contribution in [3.05, 3.63) is 102 Å². The standard InChI is InChI=1S/C29H21ClN4O2S/c1-18-6-15-25(31-16-18)32-26(35)17-36-22-13-9-20(10-14-22)28-27(19-7-11-21(30)12-8-19)33-29-34(28)23-4-2-3-5-24(23)37-29/h2-16H,17H2,1H3,(H,31,32,35). The van der Waals surface area contributed by atoms with E-state index in [9.17, 15) is 4.79 Å². The van der Waals surface area contributed by atoms with Crippen LogP contribution >= 0.6 is 22.9 Å². The molecule has 3 aromatic heterocycles. The average Bonchev–Trinajstić information content (AvgIpc) is 3.46. The molecule has 0 aliphatic heterocycles. The highest BCUT2D eigenvalue weighted by molar-refractivity contribution is 7.23. The number of halogens is 1. The van der Waals surface area contributed by atoms with Gasteiger partial charge in [0.2, 0.25) is 0 Å². The molecule has 0 atom stereocenters. The predicted octanol–water partition coefficient (Wildman–Crippen LogP) is 7.26. The smallest absolute Gasteiger partial charge is 0.263 e. The summed E-state index contributed by atoms with van der Waals surface area (Å²) in [5.41, 5.74) is 5.98. The Kier molecular flexibility index (Phi) is 6.08. The van der Waals surface area contributed by atoms with E-state index in [0.29, 0.717) is 16.6 Å². The molecule has 0 aliphatic rings. The molecular formula is C29H21ClN4O2S. The van der Waals surface area contributed by atoms with E-state index >= 15 is 0 Å². The molecular weight excluding hydrogens is 504 g/mol. The molecule has 0 spiro atoms. The number of imidazole rings is 1. The van der Waals surface area contributed by atoms with Crippen molar-refractivity contribution in [1.82, 2.24) is 14.4 Å². The summed E-state index contributed by atoms with van der Waals surface area (Å²) in [7, 11) is 0. The molecule has 0 radical (unpaired) electrons. The lowest BCUT2D eigenvalue weighted by atomic mass is 10.0. The highest BCUT2D eigenvalue weighted by Gasteiger charge is 2.20. The molecule has 6 rings (SSSR count). The van der Waals surface area contributed by atoms with Crippen molar-refractivity contribution in [2.45, 2.75) is 6.92 Å². The van der Waals surface area contributed by atoms with E-state index in [1.54, 1.807) is 23.6 Å². The van der Waals surface area contributed by atoms with Crippen LogP contribution in [0.1, 0.15) is 5.56 Å². The van der Waals surface area contributed by atoms with E-state index < -0.39 is 0 Å². The number of aryl methyl sites for hydroxylation is 1. The number of amides is 1. The summed E-state index contributed by atoms with van der Waals surface area (Å²) < 4.78 is 9.10. The van der Waals surface area contributed by atoms with Gasteiger partial charge in [-0.05, 0) is 67.1 Å². The number of anilines is 1. The van der Waals surface area contributed by atoms with Crippen molar-refractivity contribution in [3.8, 4) is 28.3 Å². The molecule has 6 aromatic rings. The minimum absolute atomic E-state index is 0.114. The van der Waals surface area contributed by atoms with Gasteiger partial charge in [0, 0.05) is 22.3 Å². The van der Waals surface area contributed by atoms with E-state index in [0.717, 1.165) is 38.6 Å². The zero-order valence-electron chi connectivity index (χ0n) is 19.8. The molecule has 0 fully saturated rings. The zero-order chi connectivity index (χ0) is 25.4. The third kappa shape index (κ3) is 4.67. The molecule has 0 aliphatic carbocycles. The summed E-state index contributed by atoms with van der Waals surface area (Å²) in [6.07, 6.45) is 1.71. The highest BCUT2D eigenvalue weighted by atomic mass is 35.5. The van der Waals surface area contributed by atoms with Crippen molar-refractivity contribution in [2.24, 2.45) is 0 Å². The Bertz CT molecular complexity index is 1720. The lowest BCUT2D eigenvalue weighted by Crippen LogP contribution is -2.20. The molecule has 8 heteroatoms. The number of carbonyl (C=O) groups excluding carboxylic acids is 1. The lowest BCUT2D eigenvalue weighted by Gasteiger charge is -2.09. The minimum atomic E-state index is -0.271. The normalized spacial score (nSPS) is 11.2. The van der Waals surface area contributed by atoms with Gasteiger partial charge in [-0.15, -0.1) is 0 Å². The first-order chi connectivity index (χ1) is 18.0. The Labute approximate surface area is 222 Å². The number of carbonyl (C=O) groups is 1. The van der Waals surface area contributed by atoms with Crippen LogP contribution in [0.15, 0.2) is 91.1 Å². The molecule has 1 N–H and O–H groups in total. The van der Waals surface area contributed by atoms with Gasteiger partial charge in [0.25, 0.3) is 5.91 Å². The van der Waals surface area contributed by atoms with Crippen LogP contribution in [0.2, 0.25) is 5.02 Å². The van der Waals surface area contributed by atoms with Gasteiger partial charge in [-0.1, -0.05) is 53.3 Å². The van der Waals surface area contributed by atoms with Crippen molar-refractivity contribution in [1.29, 1.82) is 0 Å². The monoisotopic (exact) mass is 524 g/mol. The van der Waals surface area contributed by atoms with Crippen molar-refractivity contribution in [2.75, 3.05) is 11.9 Å². The SMILES string of the molecule is Cc1ccc(NC(=O)COc2ccc(-c3c(-c4ccc(Cl)cc4)nc4sc5ccccc5n34)cc2)nc1. The number of thiazole rings is 1. The van der Waals surface area contributed by atoms with Crippen LogP contribution < -0.4 is 10.1 Å². The number of pyridine rings is 1. The summed E-state index contributed by atoms with van der Waals surface area (Å²) >= 11 is 7.80. The van der Waals surface area contributed by atoms with Gasteiger partial charge < -0.3 is 10.1 Å². The predicted molar refractivity (Wildman–Crippen MR) is 150 cm³/mol. The second kappa shape index (κ2) is 9.69. The third-order valence-electron chi connectivity index (χ3n) is 5.95. The molecule has 0 saturated heterocycles. The largest absolute Gasteiger partial charge is 0.484 e. The van der Waals surface area contributed by atoms with Crippen LogP contribution in [0.5, 0.6) is 5.75 Å². The maximum absolute atomic E-state index is 12.3. The number of fused-ring (bicyclic) bond motifs is 3. The van der Waals surface area contributed by atoms with Gasteiger partial charge in [-0.2, -0.15) is 0 Å². The second-order valence-electron chi connectivity index (χ2n) is 8.59. The van der Waals surface area contributed by atoms with Crippen molar-refractivity contribution >= 4 is 49.8 Å². The first-order valence-electron chi connectivity index (χ1n) is 11.7. The highest BCUT2D eigenvalue weighted by Crippen LogP contribution is 2.39. The Balaban J connectivity index is 1.30. The molecule has 0 unspecified atom stereocenters. The first kappa shape index (κ1) is 23.2. The number of hydrogen-bond donors (Lipinski definition) is 1. The van der Waals surface area contributed by atoms with Gasteiger partial charge in [-0.3, -0.25) is 9.20 Å². The second-order valence-corrected chi connectivity index (χ2v) is 10.0. The van der Waals surface area contributed by atoms with Crippen LogP contribution in [0.4, 0.5) is 5.82 Å². The molecule has 1 amide bonds. The number of benzene rings is 3. The van der Waals surface area contributed by atoms with Gasteiger partial charge in [0.15, 0.2) is 11.6 Å². The number of para-hydroxylation sites is 1. The fourth-order valence-corrected chi connectivity index (χ4v) is 5.32. The van der Waals surface area contributed by atoms with E-state index in [1.165, 1.54) is 4.70 Å². The molecule has 3 aromatic carbocycles. The Hall–Kier alpha value is -4.20. The van der Waals surface area contributed by atoms with E-state index in [-0.39, 0.29) is 12.5 Å². The topological polar surface area (TPSA) is 68.5 Å². The third-order valence-corrected chi connectivity index (χ3v) is 7.22. The summed E-state index contributed by atoms with van der Waals surface area (Å²) in [6, 6.07) is 27.4. The number of rotatable bonds is 6. The van der Waals surface area contributed by atoms with Crippen LogP contribution in [-0.2, 0) is 4.79 Å². The molecule has 3 heterocycles. The number of nitrogens with one attached hydrogen (secondary N) is 1. The van der Waals surface area contributed by atoms with Crippen LogP contribution in [0, 0.1) is 6.92 Å². The van der Waals surface area contributed by atoms with E-state index in [4.69, 9.17) is 21.3 Å². The summed E-state index contributed by atoms with van der Waals surface area (Å²) in [5.74, 6) is 0.824.